The molecule has 0 aliphatic rings. The van der Waals surface area contributed by atoms with Crippen molar-refractivity contribution in [3.8, 4) is 11.8 Å². The number of nitriles is 1. The molecule has 1 atom stereocenters. The number of halogens is 3. The molecule has 0 aliphatic heterocycles. The zero-order chi connectivity index (χ0) is 23.5. The SMILES string of the molecule is CSCC(NC(=O)C(F)(F)Sc1ncc(Br)n1-c1ccc(C#N)c2ccccc12)C(=O)O. The maximum absolute atomic E-state index is 14.7. The summed E-state index contributed by atoms with van der Waals surface area (Å²) in [4.78, 5) is 27.4. The number of carbonyl (C=O) groups excluding carboxylic acids is 1. The number of nitrogens with zero attached hydrogens (tertiary/aromatic N) is 3. The van der Waals surface area contributed by atoms with Crippen LogP contribution in [0.2, 0.25) is 0 Å². The molecule has 3 rings (SSSR count). The third kappa shape index (κ3) is 4.90. The van der Waals surface area contributed by atoms with E-state index in [0.29, 0.717) is 26.6 Å². The van der Waals surface area contributed by atoms with Gasteiger partial charge in [0.2, 0.25) is 0 Å². The van der Waals surface area contributed by atoms with E-state index in [4.69, 9.17) is 5.11 Å². The summed E-state index contributed by atoms with van der Waals surface area (Å²) >= 11 is 4.30. The van der Waals surface area contributed by atoms with Crippen LogP contribution in [0.5, 0.6) is 0 Å². The normalized spacial score (nSPS) is 12.3. The van der Waals surface area contributed by atoms with Gasteiger partial charge in [-0.05, 0) is 46.1 Å². The molecule has 0 radical (unpaired) electrons. The van der Waals surface area contributed by atoms with Crippen molar-refractivity contribution in [3.05, 3.63) is 52.8 Å². The zero-order valence-corrected chi connectivity index (χ0v) is 19.6. The molecule has 2 aromatic carbocycles. The van der Waals surface area contributed by atoms with E-state index in [1.807, 2.05) is 5.32 Å². The van der Waals surface area contributed by atoms with Gasteiger partial charge in [-0.1, -0.05) is 24.3 Å². The maximum atomic E-state index is 14.7. The Labute approximate surface area is 198 Å². The minimum Gasteiger partial charge on any atom is -0.480 e. The van der Waals surface area contributed by atoms with E-state index in [9.17, 15) is 23.6 Å². The van der Waals surface area contributed by atoms with Crippen LogP contribution in [0.25, 0.3) is 16.5 Å². The number of carboxylic acids is 1. The Bertz CT molecular complexity index is 1230. The molecule has 1 amide bonds. The van der Waals surface area contributed by atoms with Crippen LogP contribution in [-0.4, -0.2) is 49.8 Å². The molecule has 0 bridgehead atoms. The van der Waals surface area contributed by atoms with Crippen molar-refractivity contribution < 1.29 is 23.5 Å². The fourth-order valence-electron chi connectivity index (χ4n) is 2.93. The fourth-order valence-corrected chi connectivity index (χ4v) is 4.84. The second kappa shape index (κ2) is 9.89. The number of carbonyl (C=O) groups is 2. The summed E-state index contributed by atoms with van der Waals surface area (Å²) in [6.07, 6.45) is 2.92. The van der Waals surface area contributed by atoms with Crippen LogP contribution in [0, 0.1) is 11.3 Å². The Morgan fingerprint density at radius 2 is 2.00 bits per heavy atom. The van der Waals surface area contributed by atoms with Gasteiger partial charge >= 0.3 is 17.1 Å². The molecule has 166 valence electrons. The molecule has 1 unspecified atom stereocenters. The quantitative estimate of drug-likeness (QED) is 0.410. The van der Waals surface area contributed by atoms with Crippen molar-refractivity contribution in [1.29, 1.82) is 5.26 Å². The van der Waals surface area contributed by atoms with E-state index in [1.54, 1.807) is 42.7 Å². The van der Waals surface area contributed by atoms with E-state index < -0.39 is 23.2 Å². The molecule has 3 aromatic rings. The molecule has 2 N–H and O–H groups in total. The average Bonchev–Trinajstić information content (AvgIpc) is 3.11. The Balaban J connectivity index is 1.98. The van der Waals surface area contributed by atoms with Gasteiger partial charge in [0.1, 0.15) is 10.6 Å². The number of thioether (sulfide) groups is 2. The predicted molar refractivity (Wildman–Crippen MR) is 122 cm³/mol. The lowest BCUT2D eigenvalue weighted by Gasteiger charge is -2.19. The molecular formula is C20H15BrF2N4O3S2. The monoisotopic (exact) mass is 540 g/mol. The topological polar surface area (TPSA) is 108 Å². The van der Waals surface area contributed by atoms with Gasteiger partial charge in [0.05, 0.1) is 23.5 Å². The van der Waals surface area contributed by atoms with Gasteiger partial charge in [0.15, 0.2) is 5.16 Å². The summed E-state index contributed by atoms with van der Waals surface area (Å²) in [7, 11) is 0. The number of aliphatic carboxylic acids is 1. The highest BCUT2D eigenvalue weighted by atomic mass is 79.9. The van der Waals surface area contributed by atoms with Gasteiger partial charge in [-0.15, -0.1) is 0 Å². The number of hydrogen-bond acceptors (Lipinski definition) is 6. The van der Waals surface area contributed by atoms with Crippen LogP contribution >= 0.6 is 39.5 Å². The van der Waals surface area contributed by atoms with Crippen molar-refractivity contribution in [1.82, 2.24) is 14.9 Å². The fraction of sp³-hybridized carbons (Fsp3) is 0.200. The molecule has 0 aliphatic carbocycles. The van der Waals surface area contributed by atoms with Crippen LogP contribution in [0.15, 0.2) is 52.4 Å². The number of fused-ring (bicyclic) bond motifs is 1. The lowest BCUT2D eigenvalue weighted by molar-refractivity contribution is -0.144. The number of imidazole rings is 1. The Morgan fingerprint density at radius 1 is 1.31 bits per heavy atom. The van der Waals surface area contributed by atoms with Crippen molar-refractivity contribution >= 4 is 62.1 Å². The highest BCUT2D eigenvalue weighted by Gasteiger charge is 2.43. The average molecular weight is 541 g/mol. The molecule has 1 heterocycles. The number of alkyl halides is 2. The first kappa shape index (κ1) is 24.0. The lowest BCUT2D eigenvalue weighted by Crippen LogP contribution is -2.48. The molecule has 1 aromatic heterocycles. The first-order valence-corrected chi connectivity index (χ1v) is 11.9. The predicted octanol–water partition coefficient (Wildman–Crippen LogP) is 4.28. The highest BCUT2D eigenvalue weighted by molar-refractivity contribution is 9.10. The van der Waals surface area contributed by atoms with Crippen molar-refractivity contribution in [2.45, 2.75) is 16.5 Å². The largest absolute Gasteiger partial charge is 0.480 e. The van der Waals surface area contributed by atoms with E-state index in [-0.39, 0.29) is 22.7 Å². The number of rotatable bonds is 8. The number of nitrogens with one attached hydrogen (secondary N) is 1. The van der Waals surface area contributed by atoms with Crippen LogP contribution in [0.3, 0.4) is 0 Å². The second-order valence-corrected chi connectivity index (χ2v) is 9.23. The lowest BCUT2D eigenvalue weighted by atomic mass is 10.0. The van der Waals surface area contributed by atoms with Gasteiger partial charge in [-0.2, -0.15) is 25.8 Å². The molecule has 32 heavy (non-hydrogen) atoms. The Hall–Kier alpha value is -2.62. The summed E-state index contributed by atoms with van der Waals surface area (Å²) in [5.41, 5.74) is 0.904. The van der Waals surface area contributed by atoms with Crippen molar-refractivity contribution in [2.75, 3.05) is 12.0 Å². The first-order chi connectivity index (χ1) is 15.2. The third-order valence-corrected chi connectivity index (χ3v) is 6.51. The van der Waals surface area contributed by atoms with Crippen LogP contribution in [0.1, 0.15) is 5.56 Å². The number of carboxylic acid groups (broad SMARTS) is 1. The zero-order valence-electron chi connectivity index (χ0n) is 16.4. The number of hydrogen-bond donors (Lipinski definition) is 2. The summed E-state index contributed by atoms with van der Waals surface area (Å²) < 4.78 is 31.2. The van der Waals surface area contributed by atoms with Crippen molar-refractivity contribution in [3.63, 3.8) is 0 Å². The number of benzene rings is 2. The van der Waals surface area contributed by atoms with E-state index in [0.717, 1.165) is 11.8 Å². The van der Waals surface area contributed by atoms with Crippen LogP contribution in [0.4, 0.5) is 8.78 Å². The molecule has 12 heteroatoms. The van der Waals surface area contributed by atoms with Crippen LogP contribution < -0.4 is 5.32 Å². The van der Waals surface area contributed by atoms with Gasteiger partial charge in [0.25, 0.3) is 0 Å². The minimum absolute atomic E-state index is 0.0563. The number of amides is 1. The van der Waals surface area contributed by atoms with E-state index in [2.05, 4.69) is 27.0 Å². The summed E-state index contributed by atoms with van der Waals surface area (Å²) in [6.45, 7) is 0. The van der Waals surface area contributed by atoms with Crippen molar-refractivity contribution in [2.24, 2.45) is 0 Å². The van der Waals surface area contributed by atoms with Gasteiger partial charge in [-0.3, -0.25) is 9.36 Å². The minimum atomic E-state index is -3.99. The smallest absolute Gasteiger partial charge is 0.377 e. The number of aromatic nitrogens is 2. The highest BCUT2D eigenvalue weighted by Crippen LogP contribution is 2.39. The van der Waals surface area contributed by atoms with Crippen LogP contribution in [-0.2, 0) is 9.59 Å². The molecule has 0 saturated heterocycles. The Morgan fingerprint density at radius 3 is 2.62 bits per heavy atom. The van der Waals surface area contributed by atoms with Gasteiger partial charge in [-0.25, -0.2) is 9.78 Å². The summed E-state index contributed by atoms with van der Waals surface area (Å²) in [6, 6.07) is 10.8. The summed E-state index contributed by atoms with van der Waals surface area (Å²) in [5.74, 6) is -3.18. The molecule has 0 saturated carbocycles. The van der Waals surface area contributed by atoms with Gasteiger partial charge < -0.3 is 10.4 Å². The van der Waals surface area contributed by atoms with E-state index in [1.165, 1.54) is 10.8 Å². The standard InChI is InChI=1S/C20H15BrF2N4O3S2/c1-31-10-14(17(28)29)26-18(30)20(22,23)32-19-25-9-16(21)27(19)15-7-6-11(8-24)12-4-2-3-5-13(12)15/h2-7,9,14H,10H2,1H3,(H,26,30)(H,28,29). The van der Waals surface area contributed by atoms with Gasteiger partial charge in [0, 0.05) is 16.5 Å². The molecule has 0 fully saturated rings. The molecule has 0 spiro atoms. The third-order valence-electron chi connectivity index (χ3n) is 4.37. The second-order valence-electron chi connectivity index (χ2n) is 6.43. The first-order valence-electron chi connectivity index (χ1n) is 8.94. The van der Waals surface area contributed by atoms with E-state index >= 15 is 0 Å². The maximum Gasteiger partial charge on any atom is 0.377 e. The summed E-state index contributed by atoms with van der Waals surface area (Å²) in [5, 5.41) is 17.4. The Kier molecular flexibility index (Phi) is 7.43. The molecule has 7 nitrogen and oxygen atoms in total. The molecular weight excluding hydrogens is 526 g/mol.